The van der Waals surface area contributed by atoms with Gasteiger partial charge in [0.25, 0.3) is 5.69 Å². The van der Waals surface area contributed by atoms with E-state index in [0.29, 0.717) is 22.2 Å². The van der Waals surface area contributed by atoms with Gasteiger partial charge in [0.05, 0.1) is 31.1 Å². The lowest BCUT2D eigenvalue weighted by Gasteiger charge is -2.55. The number of aromatic nitrogens is 1. The quantitative estimate of drug-likeness (QED) is 0.218. The summed E-state index contributed by atoms with van der Waals surface area (Å²) in [4.78, 5) is 16.3. The van der Waals surface area contributed by atoms with Gasteiger partial charge in [-0.1, -0.05) is 32.1 Å². The van der Waals surface area contributed by atoms with Crippen LogP contribution in [0.1, 0.15) is 26.7 Å². The average Bonchev–Trinajstić information content (AvgIpc) is 3.29. The predicted molar refractivity (Wildman–Crippen MR) is 141 cm³/mol. The van der Waals surface area contributed by atoms with E-state index in [-0.39, 0.29) is 16.8 Å². The van der Waals surface area contributed by atoms with Gasteiger partial charge in [-0.15, -0.1) is 11.3 Å². The highest BCUT2D eigenvalue weighted by molar-refractivity contribution is 7.07. The molecule has 9 heteroatoms. The lowest BCUT2D eigenvalue weighted by atomic mass is 9.49. The van der Waals surface area contributed by atoms with Crippen LogP contribution in [0.3, 0.4) is 0 Å². The number of fused-ring (bicyclic) bond motifs is 1. The van der Waals surface area contributed by atoms with Gasteiger partial charge in [0, 0.05) is 17.0 Å². The summed E-state index contributed by atoms with van der Waals surface area (Å²) in [5.74, 6) is 2.55. The number of thiazole rings is 1. The number of nitro groups is 1. The SMILES string of the molecule is COc1ccc(OC)c(-c2csc(=Nc3ccccc3[N+](=O)[O-])n2N=CC2=CCC3CC2C3(C)C)c1. The topological polar surface area (TPSA) is 91.2 Å². The summed E-state index contributed by atoms with van der Waals surface area (Å²) < 4.78 is 12.8. The molecular weight excluding hydrogens is 476 g/mol. The van der Waals surface area contributed by atoms with Crippen LogP contribution in [0.5, 0.6) is 11.5 Å². The fourth-order valence-corrected chi connectivity index (χ4v) is 6.01. The van der Waals surface area contributed by atoms with E-state index in [0.717, 1.165) is 23.6 Å². The molecule has 0 amide bonds. The second-order valence-corrected chi connectivity index (χ2v) is 10.5. The molecule has 6 rings (SSSR count). The molecule has 1 heterocycles. The molecule has 2 unspecified atom stereocenters. The lowest BCUT2D eigenvalue weighted by molar-refractivity contribution is -0.384. The molecule has 3 aliphatic carbocycles. The summed E-state index contributed by atoms with van der Waals surface area (Å²) in [6.07, 6.45) is 6.45. The van der Waals surface area contributed by atoms with Gasteiger partial charge in [-0.2, -0.15) is 5.10 Å². The minimum atomic E-state index is -0.423. The molecule has 8 nitrogen and oxygen atoms in total. The summed E-state index contributed by atoms with van der Waals surface area (Å²) in [7, 11) is 3.23. The summed E-state index contributed by atoms with van der Waals surface area (Å²) in [6, 6.07) is 12.0. The number of hydrogen-bond acceptors (Lipinski definition) is 7. The number of nitrogens with zero attached hydrogens (tertiary/aromatic N) is 4. The molecule has 1 fully saturated rings. The van der Waals surface area contributed by atoms with Gasteiger partial charge in [0.1, 0.15) is 17.2 Å². The average molecular weight is 505 g/mol. The Morgan fingerprint density at radius 1 is 1.19 bits per heavy atom. The number of rotatable bonds is 7. The maximum Gasteiger partial charge on any atom is 0.294 e. The first-order valence-corrected chi connectivity index (χ1v) is 12.7. The van der Waals surface area contributed by atoms with Crippen molar-refractivity contribution in [3.8, 4) is 22.8 Å². The molecule has 0 aliphatic heterocycles. The minimum Gasteiger partial charge on any atom is -0.497 e. The second-order valence-electron chi connectivity index (χ2n) is 9.63. The predicted octanol–water partition coefficient (Wildman–Crippen LogP) is 6.20. The van der Waals surface area contributed by atoms with Crippen LogP contribution in [0.15, 0.2) is 69.6 Å². The molecule has 2 atom stereocenters. The van der Waals surface area contributed by atoms with Gasteiger partial charge in [-0.05, 0) is 59.9 Å². The molecule has 0 spiro atoms. The van der Waals surface area contributed by atoms with Crippen LogP contribution in [-0.2, 0) is 0 Å². The third kappa shape index (κ3) is 4.13. The van der Waals surface area contributed by atoms with Crippen molar-refractivity contribution in [2.75, 3.05) is 14.2 Å². The van der Waals surface area contributed by atoms with E-state index in [1.54, 1.807) is 37.1 Å². The largest absolute Gasteiger partial charge is 0.497 e. The Morgan fingerprint density at radius 3 is 2.69 bits per heavy atom. The van der Waals surface area contributed by atoms with E-state index in [9.17, 15) is 10.1 Å². The molecule has 0 N–H and O–H groups in total. The number of methoxy groups -OCH3 is 2. The van der Waals surface area contributed by atoms with Gasteiger partial charge in [0.2, 0.25) is 4.80 Å². The van der Waals surface area contributed by atoms with Crippen molar-refractivity contribution in [2.24, 2.45) is 27.3 Å². The Kier molecular flexibility index (Phi) is 6.26. The van der Waals surface area contributed by atoms with Gasteiger partial charge < -0.3 is 9.47 Å². The maximum absolute atomic E-state index is 11.6. The zero-order valence-corrected chi connectivity index (χ0v) is 21.5. The van der Waals surface area contributed by atoms with E-state index >= 15 is 0 Å². The third-order valence-corrected chi connectivity index (χ3v) is 8.31. The van der Waals surface area contributed by atoms with Crippen molar-refractivity contribution in [1.82, 2.24) is 4.68 Å². The van der Waals surface area contributed by atoms with Crippen molar-refractivity contribution in [3.05, 3.63) is 74.4 Å². The fraction of sp³-hybridized carbons (Fsp3) is 0.333. The monoisotopic (exact) mass is 504 g/mol. The van der Waals surface area contributed by atoms with Gasteiger partial charge in [0.15, 0.2) is 0 Å². The number of ether oxygens (including phenoxy) is 2. The standard InChI is InChI=1S/C27H28N4O4S/c1-27(2)18-10-9-17(21(27)13-18)15-28-30-24(20-14-19(34-3)11-12-25(20)35-4)16-36-26(30)29-22-7-5-6-8-23(22)31(32)33/h5-9,11-12,14-16,18,21H,10,13H2,1-4H3. The first kappa shape index (κ1) is 24.0. The Hall–Kier alpha value is -3.72. The van der Waals surface area contributed by atoms with Crippen molar-refractivity contribution in [1.29, 1.82) is 0 Å². The smallest absolute Gasteiger partial charge is 0.294 e. The van der Waals surface area contributed by atoms with Crippen LogP contribution in [0, 0.1) is 27.4 Å². The number of nitro benzene ring substituents is 1. The number of para-hydroxylation sites is 2. The Balaban J connectivity index is 1.67. The molecule has 1 saturated carbocycles. The van der Waals surface area contributed by atoms with Crippen LogP contribution < -0.4 is 14.3 Å². The molecule has 0 saturated heterocycles. The molecule has 0 radical (unpaired) electrons. The van der Waals surface area contributed by atoms with E-state index < -0.39 is 4.92 Å². The van der Waals surface area contributed by atoms with Crippen molar-refractivity contribution in [2.45, 2.75) is 26.7 Å². The van der Waals surface area contributed by atoms with Gasteiger partial charge >= 0.3 is 0 Å². The number of hydrogen-bond donors (Lipinski definition) is 0. The Bertz CT molecular complexity index is 1450. The highest BCUT2D eigenvalue weighted by Gasteiger charge is 2.50. The molecule has 2 aromatic carbocycles. The second kappa shape index (κ2) is 9.39. The van der Waals surface area contributed by atoms with E-state index in [2.05, 4.69) is 24.9 Å². The molecule has 3 aromatic rings. The molecule has 2 bridgehead atoms. The summed E-state index contributed by atoms with van der Waals surface area (Å²) in [5.41, 5.74) is 3.26. The summed E-state index contributed by atoms with van der Waals surface area (Å²) >= 11 is 1.36. The zero-order chi connectivity index (χ0) is 25.4. The van der Waals surface area contributed by atoms with Gasteiger partial charge in [-0.25, -0.2) is 9.67 Å². The lowest BCUT2D eigenvalue weighted by Crippen LogP contribution is -2.48. The molecular formula is C27H28N4O4S. The molecule has 1 aromatic heterocycles. The normalized spacial score (nSPS) is 20.7. The van der Waals surface area contributed by atoms with Crippen LogP contribution in [0.25, 0.3) is 11.3 Å². The van der Waals surface area contributed by atoms with Crippen LogP contribution in [-0.4, -0.2) is 30.0 Å². The van der Waals surface area contributed by atoms with Crippen molar-refractivity contribution >= 4 is 28.9 Å². The highest BCUT2D eigenvalue weighted by Crippen LogP contribution is 2.58. The molecule has 3 aliphatic rings. The Morgan fingerprint density at radius 2 is 2.00 bits per heavy atom. The zero-order valence-electron chi connectivity index (χ0n) is 20.7. The number of benzene rings is 2. The van der Waals surface area contributed by atoms with Crippen molar-refractivity contribution < 1.29 is 14.4 Å². The minimum absolute atomic E-state index is 0.0563. The molecule has 36 heavy (non-hydrogen) atoms. The van der Waals surface area contributed by atoms with E-state index in [1.165, 1.54) is 29.4 Å². The molecule has 186 valence electrons. The first-order chi connectivity index (χ1) is 17.3. The fourth-order valence-electron chi connectivity index (χ4n) is 5.17. The van der Waals surface area contributed by atoms with Crippen LogP contribution in [0.2, 0.25) is 0 Å². The summed E-state index contributed by atoms with van der Waals surface area (Å²) in [5, 5.41) is 18.4. The van der Waals surface area contributed by atoms with Crippen LogP contribution in [0.4, 0.5) is 11.4 Å². The number of allylic oxidation sites excluding steroid dienone is 2. The van der Waals surface area contributed by atoms with E-state index in [4.69, 9.17) is 14.6 Å². The van der Waals surface area contributed by atoms with Gasteiger partial charge in [-0.3, -0.25) is 10.1 Å². The first-order valence-electron chi connectivity index (χ1n) is 11.8. The Labute approximate surface area is 213 Å². The van der Waals surface area contributed by atoms with E-state index in [1.807, 2.05) is 29.8 Å². The van der Waals surface area contributed by atoms with Crippen molar-refractivity contribution in [3.63, 3.8) is 0 Å². The summed E-state index contributed by atoms with van der Waals surface area (Å²) in [6.45, 7) is 4.65. The highest BCUT2D eigenvalue weighted by atomic mass is 32.1. The maximum atomic E-state index is 11.6. The van der Waals surface area contributed by atoms with Crippen LogP contribution >= 0.6 is 11.3 Å². The third-order valence-electron chi connectivity index (χ3n) is 7.50.